The fourth-order valence-electron chi connectivity index (χ4n) is 2.91. The van der Waals surface area contributed by atoms with Gasteiger partial charge in [-0.25, -0.2) is 9.97 Å². The van der Waals surface area contributed by atoms with Gasteiger partial charge in [0.15, 0.2) is 0 Å². The third-order valence-electron chi connectivity index (χ3n) is 4.18. The minimum Gasteiger partial charge on any atom is -0.354 e. The Bertz CT molecular complexity index is 743. The van der Waals surface area contributed by atoms with Crippen LogP contribution in [0.25, 0.3) is 0 Å². The summed E-state index contributed by atoms with van der Waals surface area (Å²) < 4.78 is 0.939. The molecule has 1 aromatic heterocycles. The third kappa shape index (κ3) is 5.19. The zero-order valence-corrected chi connectivity index (χ0v) is 16.5. The number of hydrogen-bond donors (Lipinski definition) is 1. The van der Waals surface area contributed by atoms with Gasteiger partial charge in [-0.05, 0) is 44.4 Å². The molecule has 5 nitrogen and oxygen atoms in total. The fraction of sp³-hybridized carbons (Fsp3) is 0.389. The highest BCUT2D eigenvalue weighted by Gasteiger charge is 2.20. The highest BCUT2D eigenvalue weighted by atomic mass is 79.9. The average molecular weight is 421 g/mol. The van der Waals surface area contributed by atoms with E-state index >= 15 is 0 Å². The number of halogens is 1. The Morgan fingerprint density at radius 1 is 1.36 bits per heavy atom. The number of nitrogens with zero attached hydrogens (tertiary/aromatic N) is 3. The monoisotopic (exact) mass is 420 g/mol. The van der Waals surface area contributed by atoms with Crippen LogP contribution in [-0.4, -0.2) is 34.2 Å². The lowest BCUT2D eigenvalue weighted by Crippen LogP contribution is -2.38. The standard InChI is InChI=1S/C18H21BrN4OS/c1-13-5-2-3-8-23(13)16-10-18(21-12-20-16)25-11-17(24)22-15-7-4-6-14(19)9-15/h4,6-7,9-10,12-13H,2-3,5,8,11H2,1H3,(H,22,24). The highest BCUT2D eigenvalue weighted by molar-refractivity contribution is 9.10. The van der Waals surface area contributed by atoms with Crippen LogP contribution < -0.4 is 10.2 Å². The van der Waals surface area contributed by atoms with Crippen LogP contribution in [0.3, 0.4) is 0 Å². The number of rotatable bonds is 5. The molecule has 1 aliphatic heterocycles. The Labute approximate surface area is 160 Å². The van der Waals surface area contributed by atoms with E-state index < -0.39 is 0 Å². The van der Waals surface area contributed by atoms with E-state index in [1.54, 1.807) is 6.33 Å². The van der Waals surface area contributed by atoms with Crippen molar-refractivity contribution >= 4 is 45.1 Å². The van der Waals surface area contributed by atoms with Crippen LogP contribution in [0.5, 0.6) is 0 Å². The number of carbonyl (C=O) groups excluding carboxylic acids is 1. The molecule has 1 saturated heterocycles. The van der Waals surface area contributed by atoms with Crippen molar-refractivity contribution in [3.8, 4) is 0 Å². The molecule has 0 radical (unpaired) electrons. The molecule has 1 atom stereocenters. The van der Waals surface area contributed by atoms with Gasteiger partial charge < -0.3 is 10.2 Å². The van der Waals surface area contributed by atoms with E-state index in [2.05, 4.69) is 43.0 Å². The SMILES string of the molecule is CC1CCCCN1c1cc(SCC(=O)Nc2cccc(Br)c2)ncn1. The molecule has 1 aromatic carbocycles. The number of carbonyl (C=O) groups is 1. The second kappa shape index (κ2) is 8.67. The minimum atomic E-state index is -0.0467. The molecule has 0 aliphatic carbocycles. The third-order valence-corrected chi connectivity index (χ3v) is 5.60. The van der Waals surface area contributed by atoms with Gasteiger partial charge in [-0.3, -0.25) is 4.79 Å². The number of benzene rings is 1. The molecule has 132 valence electrons. The van der Waals surface area contributed by atoms with Crippen molar-refractivity contribution in [2.75, 3.05) is 22.5 Å². The smallest absolute Gasteiger partial charge is 0.234 e. The Balaban J connectivity index is 1.57. The predicted octanol–water partition coefficient (Wildman–Crippen LogP) is 4.35. The number of amides is 1. The molecule has 0 bridgehead atoms. The van der Waals surface area contributed by atoms with Crippen LogP contribution >= 0.6 is 27.7 Å². The number of thioether (sulfide) groups is 1. The average Bonchev–Trinajstić information content (AvgIpc) is 2.61. The highest BCUT2D eigenvalue weighted by Crippen LogP contribution is 2.25. The van der Waals surface area contributed by atoms with Crippen molar-refractivity contribution in [3.63, 3.8) is 0 Å². The molecule has 1 aliphatic rings. The van der Waals surface area contributed by atoms with Crippen molar-refractivity contribution in [2.45, 2.75) is 37.3 Å². The molecule has 1 amide bonds. The lowest BCUT2D eigenvalue weighted by Gasteiger charge is -2.34. The molecule has 2 aromatic rings. The number of nitrogens with one attached hydrogen (secondary N) is 1. The molecular formula is C18H21BrN4OS. The second-order valence-electron chi connectivity index (χ2n) is 6.10. The van der Waals surface area contributed by atoms with Crippen molar-refractivity contribution in [2.24, 2.45) is 0 Å². The van der Waals surface area contributed by atoms with E-state index in [9.17, 15) is 4.79 Å². The summed E-state index contributed by atoms with van der Waals surface area (Å²) in [6.45, 7) is 3.27. The molecule has 0 saturated carbocycles. The van der Waals surface area contributed by atoms with Crippen molar-refractivity contribution in [3.05, 3.63) is 41.1 Å². The predicted molar refractivity (Wildman–Crippen MR) is 106 cm³/mol. The maximum absolute atomic E-state index is 12.1. The van der Waals surface area contributed by atoms with Crippen molar-refractivity contribution < 1.29 is 4.79 Å². The van der Waals surface area contributed by atoms with Gasteiger partial charge in [0.25, 0.3) is 0 Å². The largest absolute Gasteiger partial charge is 0.354 e. The van der Waals surface area contributed by atoms with Crippen LogP contribution in [0.1, 0.15) is 26.2 Å². The molecule has 7 heteroatoms. The van der Waals surface area contributed by atoms with Gasteiger partial charge in [-0.2, -0.15) is 0 Å². The van der Waals surface area contributed by atoms with Crippen LogP contribution in [0, 0.1) is 0 Å². The maximum atomic E-state index is 12.1. The summed E-state index contributed by atoms with van der Waals surface area (Å²) in [5.41, 5.74) is 0.783. The van der Waals surface area contributed by atoms with Crippen LogP contribution in [0.15, 0.2) is 46.2 Å². The van der Waals surface area contributed by atoms with Crippen LogP contribution in [0.2, 0.25) is 0 Å². The zero-order chi connectivity index (χ0) is 17.6. The van der Waals surface area contributed by atoms with E-state index in [1.807, 2.05) is 30.3 Å². The molecule has 3 rings (SSSR count). The molecule has 1 unspecified atom stereocenters. The van der Waals surface area contributed by atoms with Gasteiger partial charge in [-0.1, -0.05) is 33.8 Å². The number of hydrogen-bond acceptors (Lipinski definition) is 5. The topological polar surface area (TPSA) is 58.1 Å². The summed E-state index contributed by atoms with van der Waals surface area (Å²) in [5.74, 6) is 1.23. The van der Waals surface area contributed by atoms with E-state index in [0.29, 0.717) is 11.8 Å². The number of aromatic nitrogens is 2. The Morgan fingerprint density at radius 3 is 3.04 bits per heavy atom. The normalized spacial score (nSPS) is 17.4. The fourth-order valence-corrected chi connectivity index (χ4v) is 3.97. The van der Waals surface area contributed by atoms with E-state index in [1.165, 1.54) is 31.0 Å². The van der Waals surface area contributed by atoms with Gasteiger partial charge in [0.2, 0.25) is 5.91 Å². The molecule has 1 N–H and O–H groups in total. The van der Waals surface area contributed by atoms with Crippen molar-refractivity contribution in [1.29, 1.82) is 0 Å². The second-order valence-corrected chi connectivity index (χ2v) is 8.01. The first-order valence-corrected chi connectivity index (χ1v) is 10.2. The Hall–Kier alpha value is -1.60. The first kappa shape index (κ1) is 18.2. The summed E-state index contributed by atoms with van der Waals surface area (Å²) in [6, 6.07) is 10.1. The van der Waals surface area contributed by atoms with Crippen LogP contribution in [0.4, 0.5) is 11.5 Å². The lowest BCUT2D eigenvalue weighted by atomic mass is 10.0. The van der Waals surface area contributed by atoms with Gasteiger partial charge in [0, 0.05) is 28.8 Å². The Morgan fingerprint density at radius 2 is 2.24 bits per heavy atom. The molecule has 0 spiro atoms. The summed E-state index contributed by atoms with van der Waals surface area (Å²) in [7, 11) is 0. The molecular weight excluding hydrogens is 400 g/mol. The van der Waals surface area contributed by atoms with Gasteiger partial charge >= 0.3 is 0 Å². The zero-order valence-electron chi connectivity index (χ0n) is 14.1. The molecule has 2 heterocycles. The minimum absolute atomic E-state index is 0.0467. The maximum Gasteiger partial charge on any atom is 0.234 e. The quantitative estimate of drug-likeness (QED) is 0.575. The van der Waals surface area contributed by atoms with Crippen LogP contribution in [-0.2, 0) is 4.79 Å². The van der Waals surface area contributed by atoms with E-state index in [-0.39, 0.29) is 5.91 Å². The number of anilines is 2. The summed E-state index contributed by atoms with van der Waals surface area (Å²) >= 11 is 4.83. The number of piperidine rings is 1. The molecule has 25 heavy (non-hydrogen) atoms. The van der Waals surface area contributed by atoms with Gasteiger partial charge in [0.05, 0.1) is 5.75 Å². The summed E-state index contributed by atoms with van der Waals surface area (Å²) in [5, 5.41) is 3.72. The van der Waals surface area contributed by atoms with E-state index in [4.69, 9.17) is 0 Å². The first-order valence-electron chi connectivity index (χ1n) is 8.39. The lowest BCUT2D eigenvalue weighted by molar-refractivity contribution is -0.113. The summed E-state index contributed by atoms with van der Waals surface area (Å²) in [6.07, 6.45) is 5.26. The van der Waals surface area contributed by atoms with Gasteiger partial charge in [-0.15, -0.1) is 0 Å². The first-order chi connectivity index (χ1) is 12.1. The molecule has 1 fully saturated rings. The van der Waals surface area contributed by atoms with E-state index in [0.717, 1.165) is 27.5 Å². The van der Waals surface area contributed by atoms with Gasteiger partial charge in [0.1, 0.15) is 17.2 Å². The van der Waals surface area contributed by atoms with Crippen molar-refractivity contribution in [1.82, 2.24) is 9.97 Å². The summed E-state index contributed by atoms with van der Waals surface area (Å²) in [4.78, 5) is 23.2. The Kier molecular flexibility index (Phi) is 6.31.